The Balaban J connectivity index is 2.29. The maximum Gasteiger partial charge on any atom is 0.257 e. The number of hydrogen-bond acceptors (Lipinski definition) is 4. The molecule has 0 saturated heterocycles. The highest BCUT2D eigenvalue weighted by molar-refractivity contribution is 7.92. The van der Waals surface area contributed by atoms with Gasteiger partial charge >= 0.3 is 0 Å². The van der Waals surface area contributed by atoms with Gasteiger partial charge in [0.1, 0.15) is 10.7 Å². The Morgan fingerprint density at radius 2 is 1.39 bits per heavy atom. The highest BCUT2D eigenvalue weighted by Crippen LogP contribution is 2.17. The van der Waals surface area contributed by atoms with E-state index in [9.17, 15) is 21.2 Å². The van der Waals surface area contributed by atoms with Crippen LogP contribution in [0.5, 0.6) is 0 Å². The molecule has 0 saturated carbocycles. The van der Waals surface area contributed by atoms with Crippen molar-refractivity contribution in [2.75, 3.05) is 0 Å². The molecule has 2 rings (SSSR count). The Morgan fingerprint density at radius 1 is 0.826 bits per heavy atom. The van der Waals surface area contributed by atoms with Gasteiger partial charge in [-0.05, 0) is 43.2 Å². The lowest BCUT2D eigenvalue weighted by Gasteiger charge is -2.12. The van der Waals surface area contributed by atoms with Crippen molar-refractivity contribution in [3.05, 3.63) is 59.4 Å². The maximum atomic E-state index is 13.5. The molecule has 0 fully saturated rings. The van der Waals surface area contributed by atoms with Gasteiger partial charge in [0, 0.05) is 0 Å². The molecular formula is C14H15FN2O4S2. The van der Waals surface area contributed by atoms with E-state index < -0.39 is 30.8 Å². The molecule has 0 spiro atoms. The highest BCUT2D eigenvalue weighted by Gasteiger charge is 2.23. The largest absolute Gasteiger partial charge is 0.257 e. The SMILES string of the molecule is Cc1ccc(C)c(S(=O)(=O)NNS(=O)(=O)c2ccccc2F)c1. The number of halogens is 1. The average Bonchev–Trinajstić information content (AvgIpc) is 2.48. The van der Waals surface area contributed by atoms with Crippen LogP contribution in [0.4, 0.5) is 4.39 Å². The van der Waals surface area contributed by atoms with Crippen LogP contribution in [0.15, 0.2) is 52.3 Å². The predicted octanol–water partition coefficient (Wildman–Crippen LogP) is 1.61. The summed E-state index contributed by atoms with van der Waals surface area (Å²) in [6.07, 6.45) is 0. The van der Waals surface area contributed by atoms with Crippen LogP contribution in [0.1, 0.15) is 11.1 Å². The van der Waals surface area contributed by atoms with Crippen molar-refractivity contribution in [3.8, 4) is 0 Å². The molecule has 2 aromatic carbocycles. The van der Waals surface area contributed by atoms with E-state index in [1.165, 1.54) is 18.2 Å². The lowest BCUT2D eigenvalue weighted by molar-refractivity contribution is 0.544. The van der Waals surface area contributed by atoms with Gasteiger partial charge in [0.05, 0.1) is 4.90 Å². The van der Waals surface area contributed by atoms with Crippen LogP contribution in [-0.4, -0.2) is 16.8 Å². The van der Waals surface area contributed by atoms with Gasteiger partial charge < -0.3 is 0 Å². The van der Waals surface area contributed by atoms with Crippen LogP contribution < -0.4 is 9.66 Å². The van der Waals surface area contributed by atoms with Gasteiger partial charge in [-0.1, -0.05) is 24.3 Å². The third kappa shape index (κ3) is 3.94. The lowest BCUT2D eigenvalue weighted by atomic mass is 10.2. The van der Waals surface area contributed by atoms with Crippen molar-refractivity contribution in [2.45, 2.75) is 23.6 Å². The molecule has 0 atom stereocenters. The first-order valence-corrected chi connectivity index (χ1v) is 9.45. The molecule has 0 aliphatic heterocycles. The van der Waals surface area contributed by atoms with Crippen LogP contribution >= 0.6 is 0 Å². The molecule has 0 aliphatic rings. The molecule has 0 unspecified atom stereocenters. The standard InChI is InChI=1S/C14H15FN2O4S2/c1-10-7-8-11(2)14(9-10)23(20,21)17-16-22(18,19)13-6-4-3-5-12(13)15/h3-9,16-17H,1-2H3. The first kappa shape index (κ1) is 17.5. The smallest absolute Gasteiger partial charge is 0.206 e. The van der Waals surface area contributed by atoms with E-state index in [1.54, 1.807) is 35.6 Å². The summed E-state index contributed by atoms with van der Waals surface area (Å²) in [5.41, 5.74) is 1.15. The van der Waals surface area contributed by atoms with Gasteiger partial charge in [-0.25, -0.2) is 21.2 Å². The molecule has 0 amide bonds. The van der Waals surface area contributed by atoms with Crippen molar-refractivity contribution in [1.29, 1.82) is 0 Å². The topological polar surface area (TPSA) is 92.3 Å². The summed E-state index contributed by atoms with van der Waals surface area (Å²) in [6, 6.07) is 9.41. The van der Waals surface area contributed by atoms with E-state index in [2.05, 4.69) is 0 Å². The fraction of sp³-hybridized carbons (Fsp3) is 0.143. The number of benzene rings is 2. The zero-order valence-corrected chi connectivity index (χ0v) is 14.0. The molecule has 6 nitrogen and oxygen atoms in total. The molecule has 0 radical (unpaired) electrons. The van der Waals surface area contributed by atoms with Gasteiger partial charge in [-0.15, -0.1) is 9.66 Å². The predicted molar refractivity (Wildman–Crippen MR) is 83.0 cm³/mol. The Hall–Kier alpha value is -1.81. The fourth-order valence-corrected chi connectivity index (χ4v) is 4.39. The minimum Gasteiger partial charge on any atom is -0.206 e. The van der Waals surface area contributed by atoms with Gasteiger partial charge in [-0.3, -0.25) is 0 Å². The third-order valence-corrected chi connectivity index (χ3v) is 5.87. The summed E-state index contributed by atoms with van der Waals surface area (Å²) >= 11 is 0. The number of aryl methyl sites for hydroxylation is 2. The van der Waals surface area contributed by atoms with Gasteiger partial charge in [0.2, 0.25) is 0 Å². The van der Waals surface area contributed by atoms with E-state index in [0.717, 1.165) is 12.1 Å². The summed E-state index contributed by atoms with van der Waals surface area (Å²) < 4.78 is 62.0. The fourth-order valence-electron chi connectivity index (χ4n) is 1.88. The number of nitrogens with one attached hydrogen (secondary N) is 2. The second kappa shape index (κ2) is 6.36. The van der Waals surface area contributed by atoms with E-state index in [4.69, 9.17) is 0 Å². The normalized spacial score (nSPS) is 12.3. The Labute approximate surface area is 134 Å². The van der Waals surface area contributed by atoms with Crippen molar-refractivity contribution in [2.24, 2.45) is 0 Å². The Morgan fingerprint density at radius 3 is 2.00 bits per heavy atom. The van der Waals surface area contributed by atoms with Crippen molar-refractivity contribution >= 4 is 20.0 Å². The number of rotatable bonds is 5. The van der Waals surface area contributed by atoms with Crippen molar-refractivity contribution in [1.82, 2.24) is 9.66 Å². The second-order valence-electron chi connectivity index (χ2n) is 4.91. The van der Waals surface area contributed by atoms with Crippen molar-refractivity contribution < 1.29 is 21.2 Å². The molecule has 124 valence electrons. The second-order valence-corrected chi connectivity index (χ2v) is 8.21. The zero-order chi connectivity index (χ0) is 17.3. The molecular weight excluding hydrogens is 343 g/mol. The molecule has 0 aromatic heterocycles. The minimum absolute atomic E-state index is 0.0614. The van der Waals surface area contributed by atoms with E-state index >= 15 is 0 Å². The monoisotopic (exact) mass is 358 g/mol. The summed E-state index contributed by atoms with van der Waals surface area (Å²) in [7, 11) is -8.50. The molecule has 0 heterocycles. The zero-order valence-electron chi connectivity index (χ0n) is 12.4. The first-order chi connectivity index (χ1) is 10.6. The highest BCUT2D eigenvalue weighted by atomic mass is 32.2. The van der Waals surface area contributed by atoms with Crippen LogP contribution in [0.2, 0.25) is 0 Å². The van der Waals surface area contributed by atoms with Crippen LogP contribution in [0.25, 0.3) is 0 Å². The molecule has 2 N–H and O–H groups in total. The minimum atomic E-state index is -4.37. The first-order valence-electron chi connectivity index (χ1n) is 6.49. The van der Waals surface area contributed by atoms with E-state index in [-0.39, 0.29) is 4.90 Å². The van der Waals surface area contributed by atoms with Crippen LogP contribution in [-0.2, 0) is 20.0 Å². The Bertz CT molecular complexity index is 941. The van der Waals surface area contributed by atoms with Crippen molar-refractivity contribution in [3.63, 3.8) is 0 Å². The Kier molecular flexibility index (Phi) is 4.85. The van der Waals surface area contributed by atoms with E-state index in [0.29, 0.717) is 11.1 Å². The molecule has 2 aromatic rings. The average molecular weight is 358 g/mol. The molecule has 23 heavy (non-hydrogen) atoms. The molecule has 0 aliphatic carbocycles. The summed E-state index contributed by atoms with van der Waals surface area (Å²) in [6.45, 7) is 3.29. The maximum absolute atomic E-state index is 13.5. The molecule has 9 heteroatoms. The number of sulfonamides is 2. The van der Waals surface area contributed by atoms with E-state index in [1.807, 2.05) is 0 Å². The summed E-state index contributed by atoms with van der Waals surface area (Å²) in [4.78, 5) is 2.76. The van der Waals surface area contributed by atoms with Gasteiger partial charge in [0.15, 0.2) is 0 Å². The number of hydrazine groups is 1. The summed E-state index contributed by atoms with van der Waals surface area (Å²) in [5.74, 6) is -0.981. The lowest BCUT2D eigenvalue weighted by Crippen LogP contribution is -2.42. The number of hydrogen-bond donors (Lipinski definition) is 2. The molecule has 0 bridgehead atoms. The van der Waals surface area contributed by atoms with Gasteiger partial charge in [-0.2, -0.15) is 0 Å². The van der Waals surface area contributed by atoms with Gasteiger partial charge in [0.25, 0.3) is 20.0 Å². The third-order valence-electron chi connectivity index (χ3n) is 3.07. The summed E-state index contributed by atoms with van der Waals surface area (Å²) in [5, 5.41) is 0. The van der Waals surface area contributed by atoms with Crippen LogP contribution in [0.3, 0.4) is 0 Å². The van der Waals surface area contributed by atoms with Crippen LogP contribution in [0, 0.1) is 19.7 Å². The quantitative estimate of drug-likeness (QED) is 0.795.